The van der Waals surface area contributed by atoms with E-state index in [0.717, 1.165) is 5.00 Å². The SMILES string of the molecule is CCNC(=O)c1sc(NCCc2ncon2)cc1N. The summed E-state index contributed by atoms with van der Waals surface area (Å²) >= 11 is 1.33. The number of aromatic nitrogens is 2. The van der Waals surface area contributed by atoms with E-state index in [1.807, 2.05) is 6.92 Å². The molecule has 0 fully saturated rings. The number of thiophene rings is 1. The lowest BCUT2D eigenvalue weighted by Crippen LogP contribution is -2.22. The molecule has 102 valence electrons. The molecule has 2 rings (SSSR count). The predicted octanol–water partition coefficient (Wildman–Crippen LogP) is 1.12. The lowest BCUT2D eigenvalue weighted by Gasteiger charge is -2.00. The normalized spacial score (nSPS) is 10.4. The molecule has 2 aromatic heterocycles. The Kier molecular flexibility index (Phi) is 4.35. The van der Waals surface area contributed by atoms with Crippen LogP contribution in [0.15, 0.2) is 17.0 Å². The third-order valence-electron chi connectivity index (χ3n) is 2.36. The molecule has 0 spiro atoms. The number of amides is 1. The van der Waals surface area contributed by atoms with Gasteiger partial charge in [-0.1, -0.05) is 5.16 Å². The molecule has 19 heavy (non-hydrogen) atoms. The lowest BCUT2D eigenvalue weighted by molar-refractivity contribution is 0.0960. The highest BCUT2D eigenvalue weighted by Gasteiger charge is 2.13. The van der Waals surface area contributed by atoms with Crippen molar-refractivity contribution in [2.75, 3.05) is 24.1 Å². The number of carbonyl (C=O) groups excluding carboxylic acids is 1. The lowest BCUT2D eigenvalue weighted by atomic mass is 10.3. The van der Waals surface area contributed by atoms with Crippen LogP contribution in [-0.4, -0.2) is 29.1 Å². The maximum Gasteiger partial charge on any atom is 0.263 e. The summed E-state index contributed by atoms with van der Waals surface area (Å²) in [5.41, 5.74) is 6.29. The standard InChI is InChI=1S/C11H15N5O2S/c1-2-13-11(17)10-7(12)5-9(19-10)14-4-3-8-15-6-18-16-8/h5-6,14H,2-4,12H2,1H3,(H,13,17). The molecule has 0 bridgehead atoms. The number of rotatable bonds is 6. The Labute approximate surface area is 114 Å². The summed E-state index contributed by atoms with van der Waals surface area (Å²) < 4.78 is 4.64. The number of hydrogen-bond donors (Lipinski definition) is 3. The maximum atomic E-state index is 11.7. The first-order valence-electron chi connectivity index (χ1n) is 5.87. The number of carbonyl (C=O) groups is 1. The van der Waals surface area contributed by atoms with Crippen molar-refractivity contribution in [1.29, 1.82) is 0 Å². The van der Waals surface area contributed by atoms with Crippen LogP contribution in [0.25, 0.3) is 0 Å². The van der Waals surface area contributed by atoms with Crippen LogP contribution >= 0.6 is 11.3 Å². The van der Waals surface area contributed by atoms with E-state index < -0.39 is 0 Å². The first kappa shape index (κ1) is 13.3. The van der Waals surface area contributed by atoms with Gasteiger partial charge in [0, 0.05) is 19.5 Å². The summed E-state index contributed by atoms with van der Waals surface area (Å²) in [5, 5.41) is 10.5. The van der Waals surface area contributed by atoms with E-state index in [-0.39, 0.29) is 5.91 Å². The Morgan fingerprint density at radius 3 is 3.11 bits per heavy atom. The van der Waals surface area contributed by atoms with E-state index in [2.05, 4.69) is 25.3 Å². The van der Waals surface area contributed by atoms with Gasteiger partial charge in [-0.05, 0) is 13.0 Å². The minimum atomic E-state index is -0.142. The summed E-state index contributed by atoms with van der Waals surface area (Å²) in [7, 11) is 0. The van der Waals surface area contributed by atoms with Crippen LogP contribution in [0.5, 0.6) is 0 Å². The van der Waals surface area contributed by atoms with E-state index in [4.69, 9.17) is 5.73 Å². The largest absolute Gasteiger partial charge is 0.397 e. The molecule has 0 aliphatic heterocycles. The average molecular weight is 281 g/mol. The molecule has 0 aromatic carbocycles. The second-order valence-corrected chi connectivity index (χ2v) is 4.83. The molecule has 7 nitrogen and oxygen atoms in total. The highest BCUT2D eigenvalue weighted by Crippen LogP contribution is 2.28. The average Bonchev–Trinajstić information content (AvgIpc) is 2.99. The van der Waals surface area contributed by atoms with Gasteiger partial charge in [0.1, 0.15) is 4.88 Å². The summed E-state index contributed by atoms with van der Waals surface area (Å²) in [4.78, 5) is 16.1. The number of nitrogen functional groups attached to an aromatic ring is 1. The molecule has 1 amide bonds. The molecule has 0 aliphatic carbocycles. The first-order valence-corrected chi connectivity index (χ1v) is 6.69. The van der Waals surface area contributed by atoms with Gasteiger partial charge in [-0.15, -0.1) is 11.3 Å². The highest BCUT2D eigenvalue weighted by molar-refractivity contribution is 7.18. The maximum absolute atomic E-state index is 11.7. The molecule has 2 heterocycles. The van der Waals surface area contributed by atoms with Crippen LogP contribution in [0, 0.1) is 0 Å². The predicted molar refractivity (Wildman–Crippen MR) is 73.2 cm³/mol. The molecule has 8 heteroatoms. The summed E-state index contributed by atoms with van der Waals surface area (Å²) in [6, 6.07) is 1.76. The van der Waals surface area contributed by atoms with Gasteiger partial charge < -0.3 is 20.9 Å². The summed E-state index contributed by atoms with van der Waals surface area (Å²) in [6.07, 6.45) is 1.94. The minimum Gasteiger partial charge on any atom is -0.397 e. The van der Waals surface area contributed by atoms with Gasteiger partial charge in [0.2, 0.25) is 6.39 Å². The monoisotopic (exact) mass is 281 g/mol. The van der Waals surface area contributed by atoms with Crippen molar-refractivity contribution in [2.24, 2.45) is 0 Å². The van der Waals surface area contributed by atoms with E-state index >= 15 is 0 Å². The number of nitrogens with two attached hydrogens (primary N) is 1. The van der Waals surface area contributed by atoms with Crippen LogP contribution in [0.4, 0.5) is 10.7 Å². The first-order chi connectivity index (χ1) is 9.20. The van der Waals surface area contributed by atoms with Crippen LogP contribution in [0.1, 0.15) is 22.4 Å². The molecular weight excluding hydrogens is 266 g/mol. The van der Waals surface area contributed by atoms with E-state index in [1.165, 1.54) is 17.7 Å². The summed E-state index contributed by atoms with van der Waals surface area (Å²) in [5.74, 6) is 0.497. The molecule has 0 radical (unpaired) electrons. The molecule has 0 aliphatic rings. The summed E-state index contributed by atoms with van der Waals surface area (Å²) in [6.45, 7) is 3.09. The van der Waals surface area contributed by atoms with Crippen LogP contribution < -0.4 is 16.4 Å². The Bertz CT molecular complexity index is 537. The number of anilines is 2. The van der Waals surface area contributed by atoms with Gasteiger partial charge in [0.05, 0.1) is 10.7 Å². The van der Waals surface area contributed by atoms with Gasteiger partial charge >= 0.3 is 0 Å². The number of nitrogens with one attached hydrogen (secondary N) is 2. The second-order valence-electron chi connectivity index (χ2n) is 3.78. The molecule has 2 aromatic rings. The molecule has 0 saturated heterocycles. The third kappa shape index (κ3) is 3.44. The fourth-order valence-electron chi connectivity index (χ4n) is 1.51. The van der Waals surface area contributed by atoms with Gasteiger partial charge in [-0.2, -0.15) is 4.98 Å². The fraction of sp³-hybridized carbons (Fsp3) is 0.364. The zero-order valence-electron chi connectivity index (χ0n) is 10.5. The van der Waals surface area contributed by atoms with Crippen LogP contribution in [0.2, 0.25) is 0 Å². The van der Waals surface area contributed by atoms with Crippen LogP contribution in [-0.2, 0) is 6.42 Å². The van der Waals surface area contributed by atoms with Crippen molar-refractivity contribution in [3.63, 3.8) is 0 Å². The third-order valence-corrected chi connectivity index (χ3v) is 3.47. The van der Waals surface area contributed by atoms with Crippen molar-refractivity contribution >= 4 is 27.9 Å². The molecule has 0 atom stereocenters. The van der Waals surface area contributed by atoms with Gasteiger partial charge in [-0.25, -0.2) is 0 Å². The number of nitrogens with zero attached hydrogens (tertiary/aromatic N) is 2. The smallest absolute Gasteiger partial charge is 0.263 e. The quantitative estimate of drug-likeness (QED) is 0.732. The Morgan fingerprint density at radius 2 is 2.42 bits per heavy atom. The highest BCUT2D eigenvalue weighted by atomic mass is 32.1. The van der Waals surface area contributed by atoms with Gasteiger partial charge in [0.25, 0.3) is 5.91 Å². The van der Waals surface area contributed by atoms with Crippen molar-refractivity contribution in [3.05, 3.63) is 23.2 Å². The zero-order chi connectivity index (χ0) is 13.7. The molecule has 4 N–H and O–H groups in total. The topological polar surface area (TPSA) is 106 Å². The molecule has 0 unspecified atom stereocenters. The van der Waals surface area contributed by atoms with E-state index in [0.29, 0.717) is 35.9 Å². The molecule has 0 saturated carbocycles. The van der Waals surface area contributed by atoms with Crippen molar-refractivity contribution in [3.8, 4) is 0 Å². The minimum absolute atomic E-state index is 0.142. The second kappa shape index (κ2) is 6.19. The van der Waals surface area contributed by atoms with Crippen molar-refractivity contribution in [1.82, 2.24) is 15.5 Å². The number of hydrogen-bond acceptors (Lipinski definition) is 7. The van der Waals surface area contributed by atoms with Crippen molar-refractivity contribution < 1.29 is 9.32 Å². The van der Waals surface area contributed by atoms with Crippen LogP contribution in [0.3, 0.4) is 0 Å². The Hall–Kier alpha value is -2.09. The van der Waals surface area contributed by atoms with Gasteiger partial charge in [0.15, 0.2) is 5.82 Å². The zero-order valence-corrected chi connectivity index (χ0v) is 11.3. The Balaban J connectivity index is 1.90. The van der Waals surface area contributed by atoms with Gasteiger partial charge in [-0.3, -0.25) is 4.79 Å². The Morgan fingerprint density at radius 1 is 1.58 bits per heavy atom. The fourth-order valence-corrected chi connectivity index (χ4v) is 2.43. The van der Waals surface area contributed by atoms with Crippen molar-refractivity contribution in [2.45, 2.75) is 13.3 Å². The van der Waals surface area contributed by atoms with E-state index in [9.17, 15) is 4.79 Å². The molecular formula is C11H15N5O2S. The van der Waals surface area contributed by atoms with E-state index in [1.54, 1.807) is 6.07 Å².